The van der Waals surface area contributed by atoms with Crippen LogP contribution in [-0.4, -0.2) is 5.91 Å². The molecule has 3 heterocycles. The summed E-state index contributed by atoms with van der Waals surface area (Å²) in [5.74, 6) is -0.109. The second kappa shape index (κ2) is 3.84. The standard InChI is InChI=1S/C12H6N2OS2/c13-2-1-7-8-3-16-5-10(8)12(15)14-11-6-17-4-9(7)11/h1,3-6H,(H,14,15)/b7-1-. The number of anilines is 1. The van der Waals surface area contributed by atoms with Gasteiger partial charge in [-0.25, -0.2) is 0 Å². The largest absolute Gasteiger partial charge is 0.321 e. The van der Waals surface area contributed by atoms with Crippen molar-refractivity contribution in [2.75, 3.05) is 5.32 Å². The number of nitrogens with zero attached hydrogens (tertiary/aromatic N) is 1. The molecule has 1 aliphatic rings. The van der Waals surface area contributed by atoms with Crippen LogP contribution >= 0.6 is 22.7 Å². The average molecular weight is 258 g/mol. The Bertz CT molecular complexity index is 673. The van der Waals surface area contributed by atoms with E-state index < -0.39 is 0 Å². The number of rotatable bonds is 0. The third-order valence-electron chi connectivity index (χ3n) is 2.61. The fraction of sp³-hybridized carbons (Fsp3) is 0. The van der Waals surface area contributed by atoms with Gasteiger partial charge < -0.3 is 5.32 Å². The van der Waals surface area contributed by atoms with Gasteiger partial charge >= 0.3 is 0 Å². The maximum atomic E-state index is 12.0. The minimum absolute atomic E-state index is 0.109. The molecule has 82 valence electrons. The fourth-order valence-electron chi connectivity index (χ4n) is 1.84. The number of amides is 1. The minimum atomic E-state index is -0.109. The third kappa shape index (κ3) is 1.50. The van der Waals surface area contributed by atoms with Gasteiger partial charge in [-0.2, -0.15) is 16.6 Å². The Morgan fingerprint density at radius 1 is 1.12 bits per heavy atom. The van der Waals surface area contributed by atoms with Crippen molar-refractivity contribution >= 4 is 39.8 Å². The monoisotopic (exact) mass is 258 g/mol. The van der Waals surface area contributed by atoms with Gasteiger partial charge in [-0.3, -0.25) is 4.79 Å². The summed E-state index contributed by atoms with van der Waals surface area (Å²) in [5.41, 5.74) is 3.99. The summed E-state index contributed by atoms with van der Waals surface area (Å²) < 4.78 is 0. The SMILES string of the molecule is N#C/C=C1\c2cscc2NC(=O)c2cscc21. The number of fused-ring (bicyclic) bond motifs is 2. The molecule has 3 nitrogen and oxygen atoms in total. The second-order valence-electron chi connectivity index (χ2n) is 3.54. The summed E-state index contributed by atoms with van der Waals surface area (Å²) in [7, 11) is 0. The van der Waals surface area contributed by atoms with E-state index in [1.807, 2.05) is 27.6 Å². The van der Waals surface area contributed by atoms with E-state index >= 15 is 0 Å². The smallest absolute Gasteiger partial charge is 0.257 e. The summed E-state index contributed by atoms with van der Waals surface area (Å²) in [6.45, 7) is 0. The number of carbonyl (C=O) groups is 1. The predicted octanol–water partition coefficient (Wildman–Crippen LogP) is 3.33. The van der Waals surface area contributed by atoms with Crippen LogP contribution in [0, 0.1) is 11.3 Å². The van der Waals surface area contributed by atoms with E-state index in [0.29, 0.717) is 5.56 Å². The first-order valence-corrected chi connectivity index (χ1v) is 6.74. The zero-order valence-electron chi connectivity index (χ0n) is 8.56. The summed E-state index contributed by atoms with van der Waals surface area (Å²) >= 11 is 2.98. The highest BCUT2D eigenvalue weighted by Gasteiger charge is 2.24. The van der Waals surface area contributed by atoms with Gasteiger partial charge in [0.25, 0.3) is 5.91 Å². The normalized spacial score (nSPS) is 15.7. The van der Waals surface area contributed by atoms with Gasteiger partial charge in [-0.05, 0) is 5.38 Å². The molecule has 0 saturated heterocycles. The lowest BCUT2D eigenvalue weighted by Crippen LogP contribution is -2.09. The van der Waals surface area contributed by atoms with Crippen molar-refractivity contribution < 1.29 is 4.79 Å². The maximum absolute atomic E-state index is 12.0. The maximum Gasteiger partial charge on any atom is 0.257 e. The van der Waals surface area contributed by atoms with Crippen LogP contribution in [-0.2, 0) is 0 Å². The van der Waals surface area contributed by atoms with Gasteiger partial charge in [0.05, 0.1) is 17.3 Å². The quantitative estimate of drug-likeness (QED) is 0.737. The van der Waals surface area contributed by atoms with E-state index in [4.69, 9.17) is 5.26 Å². The molecule has 0 radical (unpaired) electrons. The topological polar surface area (TPSA) is 52.9 Å². The zero-order chi connectivity index (χ0) is 11.8. The first kappa shape index (κ1) is 10.3. The highest BCUT2D eigenvalue weighted by atomic mass is 32.1. The molecule has 0 spiro atoms. The number of nitriles is 1. The van der Waals surface area contributed by atoms with Crippen molar-refractivity contribution in [2.45, 2.75) is 0 Å². The Morgan fingerprint density at radius 3 is 2.65 bits per heavy atom. The zero-order valence-corrected chi connectivity index (χ0v) is 10.2. The highest BCUT2D eigenvalue weighted by molar-refractivity contribution is 7.09. The van der Waals surface area contributed by atoms with E-state index in [1.165, 1.54) is 28.7 Å². The number of nitrogens with one attached hydrogen (secondary N) is 1. The molecule has 0 aromatic carbocycles. The van der Waals surface area contributed by atoms with Crippen LogP contribution in [0.25, 0.3) is 5.57 Å². The van der Waals surface area contributed by atoms with Crippen molar-refractivity contribution in [2.24, 2.45) is 0 Å². The van der Waals surface area contributed by atoms with Gasteiger partial charge in [0.2, 0.25) is 0 Å². The molecular formula is C12H6N2OS2. The Morgan fingerprint density at radius 2 is 1.82 bits per heavy atom. The number of thiophene rings is 2. The summed E-state index contributed by atoms with van der Waals surface area (Å²) in [5, 5.41) is 19.3. The van der Waals surface area contributed by atoms with E-state index in [9.17, 15) is 4.79 Å². The third-order valence-corrected chi connectivity index (χ3v) is 4.09. The number of carbonyl (C=O) groups excluding carboxylic acids is 1. The second-order valence-corrected chi connectivity index (χ2v) is 5.03. The Labute approximate surface area is 106 Å². The molecule has 5 heteroatoms. The molecule has 0 saturated carbocycles. The lowest BCUT2D eigenvalue weighted by Gasteiger charge is -2.01. The van der Waals surface area contributed by atoms with Crippen LogP contribution in [0.5, 0.6) is 0 Å². The van der Waals surface area contributed by atoms with Gasteiger partial charge in [0.1, 0.15) is 0 Å². The molecule has 2 aromatic rings. The van der Waals surface area contributed by atoms with Crippen molar-refractivity contribution in [3.05, 3.63) is 44.3 Å². The molecule has 0 unspecified atom stereocenters. The summed E-state index contributed by atoms with van der Waals surface area (Å²) in [6.07, 6.45) is 1.50. The predicted molar refractivity (Wildman–Crippen MR) is 69.3 cm³/mol. The lowest BCUT2D eigenvalue weighted by molar-refractivity contribution is 0.102. The highest BCUT2D eigenvalue weighted by Crippen LogP contribution is 2.38. The first-order chi connectivity index (χ1) is 8.31. The molecule has 1 amide bonds. The van der Waals surface area contributed by atoms with Gasteiger partial charge in [-0.15, -0.1) is 11.3 Å². The van der Waals surface area contributed by atoms with E-state index in [0.717, 1.165) is 22.4 Å². The van der Waals surface area contributed by atoms with Crippen LogP contribution < -0.4 is 5.32 Å². The number of allylic oxidation sites excluding steroid dienone is 1. The molecule has 17 heavy (non-hydrogen) atoms. The number of hydrogen-bond donors (Lipinski definition) is 1. The molecule has 2 aromatic heterocycles. The van der Waals surface area contributed by atoms with E-state index in [1.54, 1.807) is 0 Å². The van der Waals surface area contributed by atoms with Crippen LogP contribution in [0.4, 0.5) is 5.69 Å². The molecule has 0 bridgehead atoms. The van der Waals surface area contributed by atoms with Gasteiger partial charge in [-0.1, -0.05) is 0 Å². The van der Waals surface area contributed by atoms with Crippen LogP contribution in [0.2, 0.25) is 0 Å². The molecule has 0 aliphatic carbocycles. The van der Waals surface area contributed by atoms with Crippen LogP contribution in [0.1, 0.15) is 21.5 Å². The molecule has 1 aliphatic heterocycles. The van der Waals surface area contributed by atoms with Crippen molar-refractivity contribution in [3.8, 4) is 6.07 Å². The van der Waals surface area contributed by atoms with Crippen molar-refractivity contribution in [1.82, 2.24) is 0 Å². The molecule has 0 atom stereocenters. The Hall–Kier alpha value is -1.90. The van der Waals surface area contributed by atoms with Gasteiger partial charge in [0.15, 0.2) is 0 Å². The van der Waals surface area contributed by atoms with Crippen molar-refractivity contribution in [3.63, 3.8) is 0 Å². The molecule has 3 rings (SSSR count). The molecule has 1 N–H and O–H groups in total. The average Bonchev–Trinajstić information content (AvgIpc) is 2.92. The summed E-state index contributed by atoms with van der Waals surface area (Å²) in [4.78, 5) is 12.0. The van der Waals surface area contributed by atoms with Gasteiger partial charge in [0, 0.05) is 38.9 Å². The van der Waals surface area contributed by atoms with Crippen LogP contribution in [0.3, 0.4) is 0 Å². The molecule has 0 fully saturated rings. The minimum Gasteiger partial charge on any atom is -0.321 e. The van der Waals surface area contributed by atoms with E-state index in [-0.39, 0.29) is 5.91 Å². The number of hydrogen-bond acceptors (Lipinski definition) is 4. The fourth-order valence-corrected chi connectivity index (χ4v) is 3.45. The Kier molecular flexibility index (Phi) is 2.32. The molecular weight excluding hydrogens is 252 g/mol. The van der Waals surface area contributed by atoms with Crippen LogP contribution in [0.15, 0.2) is 27.6 Å². The lowest BCUT2D eigenvalue weighted by atomic mass is 10.00. The summed E-state index contributed by atoms with van der Waals surface area (Å²) in [6, 6.07) is 2.05. The van der Waals surface area contributed by atoms with E-state index in [2.05, 4.69) is 5.32 Å². The van der Waals surface area contributed by atoms with Crippen molar-refractivity contribution in [1.29, 1.82) is 5.26 Å². The Balaban J connectivity index is 2.33. The first-order valence-electron chi connectivity index (χ1n) is 4.85.